The molecular formula is C11H10FNO4S. The number of nitrogens with zero attached hydrogens (tertiary/aromatic N) is 1. The van der Waals surface area contributed by atoms with Gasteiger partial charge in [-0.15, -0.1) is 0 Å². The van der Waals surface area contributed by atoms with Gasteiger partial charge in [-0.2, -0.15) is 4.99 Å². The van der Waals surface area contributed by atoms with Crippen LogP contribution in [0.25, 0.3) is 0 Å². The zero-order chi connectivity index (χ0) is 13.6. The van der Waals surface area contributed by atoms with Crippen LogP contribution in [-0.2, 0) is 20.2 Å². The number of phenols is 1. The number of hydrogen-bond acceptors (Lipinski definition) is 5. The number of aromatic hydroxyl groups is 1. The highest BCUT2D eigenvalue weighted by molar-refractivity contribution is 7.90. The monoisotopic (exact) mass is 271 g/mol. The van der Waals surface area contributed by atoms with Crippen molar-refractivity contribution in [1.29, 1.82) is 0 Å². The average molecular weight is 271 g/mol. The topological polar surface area (TPSA) is 83.8 Å². The van der Waals surface area contributed by atoms with Crippen molar-refractivity contribution in [1.82, 2.24) is 0 Å². The molecule has 96 valence electrons. The zero-order valence-electron chi connectivity index (χ0n) is 9.47. The van der Waals surface area contributed by atoms with E-state index in [1.807, 2.05) is 0 Å². The maximum atomic E-state index is 13.8. The number of hydrogen-bond donors (Lipinski definition) is 1. The Labute approximate surface area is 103 Å². The summed E-state index contributed by atoms with van der Waals surface area (Å²) in [5, 5.41) is 9.71. The van der Waals surface area contributed by atoms with Crippen molar-refractivity contribution in [3.63, 3.8) is 0 Å². The Balaban J connectivity index is 2.62. The van der Waals surface area contributed by atoms with Crippen LogP contribution in [0, 0.1) is 5.82 Å². The molecule has 1 aliphatic rings. The summed E-state index contributed by atoms with van der Waals surface area (Å²) < 4.78 is 36.3. The van der Waals surface area contributed by atoms with Crippen LogP contribution >= 0.6 is 0 Å². The third-order valence-electron chi connectivity index (χ3n) is 2.96. The van der Waals surface area contributed by atoms with E-state index in [4.69, 9.17) is 0 Å². The Morgan fingerprint density at radius 1 is 1.44 bits per heavy atom. The standard InChI is InChI=1S/C11H10FNO4S/c1-18(16,17)8-3-2-7(10(15)9(8)12)11(4-5-11)13-6-14/h2-3,15H,4-5H2,1H3. The molecule has 18 heavy (non-hydrogen) atoms. The summed E-state index contributed by atoms with van der Waals surface area (Å²) in [6, 6.07) is 2.35. The molecule has 0 atom stereocenters. The van der Waals surface area contributed by atoms with E-state index in [0.29, 0.717) is 12.8 Å². The SMILES string of the molecule is CS(=O)(=O)c1ccc(C2(N=C=O)CC2)c(O)c1F. The van der Waals surface area contributed by atoms with Gasteiger partial charge in [-0.1, -0.05) is 6.07 Å². The van der Waals surface area contributed by atoms with Gasteiger partial charge in [0, 0.05) is 11.8 Å². The highest BCUT2D eigenvalue weighted by Crippen LogP contribution is 2.52. The molecule has 1 aromatic rings. The zero-order valence-corrected chi connectivity index (χ0v) is 10.3. The number of carbonyl (C=O) groups excluding carboxylic acids is 1. The van der Waals surface area contributed by atoms with Gasteiger partial charge < -0.3 is 5.11 Å². The minimum atomic E-state index is -3.75. The van der Waals surface area contributed by atoms with Crippen molar-refractivity contribution in [2.24, 2.45) is 4.99 Å². The van der Waals surface area contributed by atoms with Crippen LogP contribution in [-0.4, -0.2) is 25.9 Å². The lowest BCUT2D eigenvalue weighted by Gasteiger charge is -2.12. The Morgan fingerprint density at radius 2 is 2.06 bits per heavy atom. The molecule has 0 unspecified atom stereocenters. The normalized spacial score (nSPS) is 17.0. The molecular weight excluding hydrogens is 261 g/mol. The van der Waals surface area contributed by atoms with Crippen molar-refractivity contribution in [3.8, 4) is 5.75 Å². The molecule has 0 bridgehead atoms. The molecule has 0 amide bonds. The van der Waals surface area contributed by atoms with E-state index < -0.39 is 31.8 Å². The molecule has 0 aromatic heterocycles. The van der Waals surface area contributed by atoms with E-state index in [-0.39, 0.29) is 5.56 Å². The van der Waals surface area contributed by atoms with Crippen LogP contribution in [0.15, 0.2) is 22.0 Å². The lowest BCUT2D eigenvalue weighted by molar-refractivity contribution is 0.410. The lowest BCUT2D eigenvalue weighted by Crippen LogP contribution is -2.07. The summed E-state index contributed by atoms with van der Waals surface area (Å²) in [6.45, 7) is 0. The van der Waals surface area contributed by atoms with Crippen molar-refractivity contribution < 1.29 is 22.7 Å². The van der Waals surface area contributed by atoms with Crippen molar-refractivity contribution in [2.75, 3.05) is 6.26 Å². The van der Waals surface area contributed by atoms with Gasteiger partial charge in [0.1, 0.15) is 10.4 Å². The average Bonchev–Trinajstić information content (AvgIpc) is 3.01. The highest BCUT2D eigenvalue weighted by Gasteiger charge is 2.47. The summed E-state index contributed by atoms with van der Waals surface area (Å²) in [7, 11) is -3.75. The molecule has 0 saturated heterocycles. The second-order valence-corrected chi connectivity index (χ2v) is 6.26. The van der Waals surface area contributed by atoms with Crippen LogP contribution in [0.1, 0.15) is 18.4 Å². The maximum absolute atomic E-state index is 13.8. The number of rotatable bonds is 3. The Morgan fingerprint density at radius 3 is 2.50 bits per heavy atom. The van der Waals surface area contributed by atoms with Gasteiger partial charge in [0.2, 0.25) is 6.08 Å². The Kier molecular flexibility index (Phi) is 2.76. The van der Waals surface area contributed by atoms with Gasteiger partial charge in [-0.3, -0.25) is 0 Å². The van der Waals surface area contributed by atoms with Gasteiger partial charge in [0.05, 0.1) is 0 Å². The fourth-order valence-electron chi connectivity index (χ4n) is 1.86. The Hall–Kier alpha value is -1.72. The molecule has 7 heteroatoms. The summed E-state index contributed by atoms with van der Waals surface area (Å²) in [6.07, 6.45) is 3.22. The van der Waals surface area contributed by atoms with Crippen molar-refractivity contribution in [3.05, 3.63) is 23.5 Å². The fourth-order valence-corrected chi connectivity index (χ4v) is 2.59. The molecule has 2 rings (SSSR count). The summed E-state index contributed by atoms with van der Waals surface area (Å²) in [4.78, 5) is 13.3. The Bertz CT molecular complexity index is 658. The largest absolute Gasteiger partial charge is 0.505 e. The first-order valence-electron chi connectivity index (χ1n) is 5.13. The first-order valence-corrected chi connectivity index (χ1v) is 7.02. The molecule has 1 saturated carbocycles. The predicted molar refractivity (Wildman–Crippen MR) is 60.2 cm³/mol. The van der Waals surface area contributed by atoms with Gasteiger partial charge in [0.25, 0.3) is 0 Å². The molecule has 1 N–H and O–H groups in total. The van der Waals surface area contributed by atoms with Crippen LogP contribution < -0.4 is 0 Å². The number of aliphatic imine (C=N–C) groups is 1. The van der Waals surface area contributed by atoms with E-state index in [0.717, 1.165) is 12.3 Å². The van der Waals surface area contributed by atoms with Crippen LogP contribution in [0.4, 0.5) is 4.39 Å². The lowest BCUT2D eigenvalue weighted by atomic mass is 10.0. The number of sulfone groups is 1. The highest BCUT2D eigenvalue weighted by atomic mass is 32.2. The number of benzene rings is 1. The van der Waals surface area contributed by atoms with Gasteiger partial charge in [0.15, 0.2) is 21.4 Å². The second kappa shape index (κ2) is 3.90. The molecule has 1 aliphatic carbocycles. The van der Waals surface area contributed by atoms with Gasteiger partial charge in [-0.25, -0.2) is 17.6 Å². The summed E-state index contributed by atoms with van der Waals surface area (Å²) >= 11 is 0. The summed E-state index contributed by atoms with van der Waals surface area (Å²) in [5.41, 5.74) is -0.821. The second-order valence-electron chi connectivity index (χ2n) is 4.28. The predicted octanol–water partition coefficient (Wildman–Crippen LogP) is 1.26. The maximum Gasteiger partial charge on any atom is 0.235 e. The van der Waals surface area contributed by atoms with Gasteiger partial charge in [-0.05, 0) is 18.9 Å². The quantitative estimate of drug-likeness (QED) is 0.662. The third-order valence-corrected chi connectivity index (χ3v) is 4.08. The van der Waals surface area contributed by atoms with Crippen LogP contribution in [0.2, 0.25) is 0 Å². The third kappa shape index (κ3) is 1.91. The molecule has 0 radical (unpaired) electrons. The van der Waals surface area contributed by atoms with E-state index >= 15 is 0 Å². The summed E-state index contributed by atoms with van der Waals surface area (Å²) in [5.74, 6) is -1.98. The van der Waals surface area contributed by atoms with Gasteiger partial charge >= 0.3 is 0 Å². The van der Waals surface area contributed by atoms with Crippen LogP contribution in [0.3, 0.4) is 0 Å². The minimum Gasteiger partial charge on any atom is -0.505 e. The fraction of sp³-hybridized carbons (Fsp3) is 0.364. The number of phenolic OH excluding ortho intramolecular Hbond substituents is 1. The van der Waals surface area contributed by atoms with E-state index in [1.54, 1.807) is 0 Å². The van der Waals surface area contributed by atoms with E-state index in [2.05, 4.69) is 4.99 Å². The first-order chi connectivity index (χ1) is 8.32. The van der Waals surface area contributed by atoms with E-state index in [1.165, 1.54) is 12.1 Å². The number of halogens is 1. The molecule has 1 fully saturated rings. The molecule has 0 heterocycles. The number of isocyanates is 1. The van der Waals surface area contributed by atoms with Crippen molar-refractivity contribution in [2.45, 2.75) is 23.3 Å². The molecule has 0 aliphatic heterocycles. The smallest absolute Gasteiger partial charge is 0.235 e. The van der Waals surface area contributed by atoms with E-state index in [9.17, 15) is 22.7 Å². The molecule has 5 nitrogen and oxygen atoms in total. The first kappa shape index (κ1) is 12.7. The van der Waals surface area contributed by atoms with Crippen LogP contribution in [0.5, 0.6) is 5.75 Å². The molecule has 0 spiro atoms. The minimum absolute atomic E-state index is 0.121. The van der Waals surface area contributed by atoms with Crippen molar-refractivity contribution >= 4 is 15.9 Å². The molecule has 1 aromatic carbocycles.